The molecule has 4 aliphatic rings. The molecular weight excluding hydrogens is 1640 g/mol. The number of carboxylic acids is 1. The third-order valence-corrected chi connectivity index (χ3v) is 23.9. The number of anilines is 1. The SMILES string of the molecule is CCOC(=O)c1[nH]ccc1C.CCOC(=O)c1c(C)ccn1N.CN(C1CC2(CNC2)C1)S(N)(=O)=O.Cc1cc(F)n2nc[nH]c(=O)c12.Cc1cc(F)n2ncnc(Cl)c12.Cc1cc(F)n2ncnc(N3CC4(CC(N(C)S(N)(=O)=O)C4)C3)c12.Cc1ccn2nc[nH]c(=O)c12.NOP(=O)(c1ccccc1)c1ccccc1.O=C([O-])C(F)(F)F. The van der Waals surface area contributed by atoms with E-state index in [0.717, 1.165) is 101 Å². The maximum absolute atomic E-state index is 13.8. The number of nitrogens with one attached hydrogen (secondary N) is 4. The van der Waals surface area contributed by atoms with Gasteiger partial charge >= 0.3 is 18.1 Å². The molecule has 12 heterocycles. The minimum Gasteiger partial charge on any atom is -0.542 e. The Balaban J connectivity index is 0.000000169. The number of aromatic nitrogens is 14. The third kappa shape index (κ3) is 22.2. The van der Waals surface area contributed by atoms with E-state index in [2.05, 4.69) is 55.5 Å². The minimum atomic E-state index is -5.19. The summed E-state index contributed by atoms with van der Waals surface area (Å²) in [6.07, 6.45) is 8.51. The third-order valence-electron chi connectivity index (χ3n) is 19.2. The summed E-state index contributed by atoms with van der Waals surface area (Å²) in [7, 11) is -7.18. The lowest BCUT2D eigenvalue weighted by atomic mass is 9.60. The Morgan fingerprint density at radius 1 is 0.619 bits per heavy atom. The number of ether oxygens (including phenoxy) is 2. The van der Waals surface area contributed by atoms with Gasteiger partial charge in [0.2, 0.25) is 17.8 Å². The Morgan fingerprint density at radius 2 is 1.07 bits per heavy atom. The largest absolute Gasteiger partial charge is 0.542 e. The predicted octanol–water partition coefficient (Wildman–Crippen LogP) is 5.08. The van der Waals surface area contributed by atoms with Gasteiger partial charge in [-0.3, -0.25) is 18.8 Å². The molecule has 0 radical (unpaired) electrons. The number of benzene rings is 2. The number of hydrogen-bond acceptors (Lipinski definition) is 24. The minimum absolute atomic E-state index is 0.0416. The summed E-state index contributed by atoms with van der Waals surface area (Å²) >= 11 is 5.74. The van der Waals surface area contributed by atoms with E-state index >= 15 is 0 Å². The van der Waals surface area contributed by atoms with Gasteiger partial charge in [-0.05, 0) is 181 Å². The molecule has 16 rings (SSSR count). The number of fused-ring (bicyclic) bond motifs is 4. The van der Waals surface area contributed by atoms with Crippen LogP contribution in [0.15, 0.2) is 151 Å². The van der Waals surface area contributed by atoms with Crippen molar-refractivity contribution < 1.29 is 81.3 Å². The lowest BCUT2D eigenvalue weighted by Gasteiger charge is -2.60. The van der Waals surface area contributed by atoms with Crippen LogP contribution >= 0.6 is 19.0 Å². The summed E-state index contributed by atoms with van der Waals surface area (Å²) < 4.78 is 152. The van der Waals surface area contributed by atoms with E-state index in [0.29, 0.717) is 62.7 Å². The van der Waals surface area contributed by atoms with Crippen LogP contribution in [-0.2, 0) is 43.9 Å². The average molecular weight is 1730 g/mol. The number of hydrogen-bond donors (Lipinski definition) is 8. The van der Waals surface area contributed by atoms with Gasteiger partial charge in [0.15, 0.2) is 11.0 Å². The second-order valence-corrected chi connectivity index (χ2v) is 33.4. The van der Waals surface area contributed by atoms with Gasteiger partial charge in [-0.25, -0.2) is 53.9 Å². The van der Waals surface area contributed by atoms with E-state index in [1.807, 2.05) is 76.2 Å². The molecule has 0 unspecified atom stereocenters. The maximum Gasteiger partial charge on any atom is 0.430 e. The van der Waals surface area contributed by atoms with Crippen molar-refractivity contribution in [3.05, 3.63) is 229 Å². The van der Waals surface area contributed by atoms with Crippen LogP contribution in [0.25, 0.3) is 22.1 Å². The van der Waals surface area contributed by atoms with E-state index in [1.54, 1.807) is 88.2 Å². The van der Waals surface area contributed by atoms with Crippen molar-refractivity contribution >= 4 is 95.8 Å². The van der Waals surface area contributed by atoms with Crippen molar-refractivity contribution in [3.8, 4) is 0 Å². The van der Waals surface area contributed by atoms with E-state index < -0.39 is 57.8 Å². The van der Waals surface area contributed by atoms with Gasteiger partial charge in [0.05, 0.1) is 13.2 Å². The molecule has 2 saturated carbocycles. The Morgan fingerprint density at radius 3 is 1.49 bits per heavy atom. The molecule has 2 spiro atoms. The highest BCUT2D eigenvalue weighted by molar-refractivity contribution is 7.87. The molecule has 10 aromatic heterocycles. The summed E-state index contributed by atoms with van der Waals surface area (Å²) in [5.41, 5.74) is 7.93. The number of nitrogen functional groups attached to an aromatic ring is 1. The van der Waals surface area contributed by atoms with Crippen LogP contribution in [0.5, 0.6) is 0 Å². The zero-order chi connectivity index (χ0) is 87.2. The first-order chi connectivity index (χ1) is 55.4. The average Bonchev–Trinajstić information content (AvgIpc) is 0.957. The number of halogens is 7. The lowest BCUT2D eigenvalue weighted by molar-refractivity contribution is -0.344. The molecule has 118 heavy (non-hydrogen) atoms. The molecule has 2 aromatic carbocycles. The van der Waals surface area contributed by atoms with Crippen molar-refractivity contribution in [1.29, 1.82) is 0 Å². The van der Waals surface area contributed by atoms with Crippen LogP contribution in [0.1, 0.15) is 93.9 Å². The Bertz CT molecular complexity index is 5840. The number of esters is 2. The summed E-state index contributed by atoms with van der Waals surface area (Å²) in [6, 6.07) is 27.6. The lowest BCUT2D eigenvalue weighted by Crippen LogP contribution is -2.67. The van der Waals surface area contributed by atoms with Gasteiger partial charge in [0.25, 0.3) is 38.9 Å². The van der Waals surface area contributed by atoms with E-state index in [9.17, 15) is 66.9 Å². The summed E-state index contributed by atoms with van der Waals surface area (Å²) in [4.78, 5) is 71.2. The van der Waals surface area contributed by atoms with Crippen molar-refractivity contribution in [3.63, 3.8) is 0 Å². The molecule has 0 bridgehead atoms. The van der Waals surface area contributed by atoms with Crippen LogP contribution in [-0.4, -0.2) is 183 Å². The molecule has 2 aliphatic heterocycles. The number of carboxylic acid groups (broad SMARTS) is 1. The number of carbonyl (C=O) groups excluding carboxylic acids is 3. The fourth-order valence-corrected chi connectivity index (χ4v) is 16.0. The number of aromatic amines is 3. The molecule has 636 valence electrons. The molecule has 4 fully saturated rings. The monoisotopic (exact) mass is 1730 g/mol. The van der Waals surface area contributed by atoms with Crippen molar-refractivity contribution in [1.82, 2.24) is 82.0 Å². The first kappa shape index (κ1) is 92.3. The molecule has 2 saturated heterocycles. The number of rotatable bonds is 12. The zero-order valence-corrected chi connectivity index (χ0v) is 68.5. The highest BCUT2D eigenvalue weighted by atomic mass is 35.5. The highest BCUT2D eigenvalue weighted by Gasteiger charge is 2.55. The standard InChI is InChI=1S/C14H19FN6O2S.C12H12NO2P.C8H12N2O2.C8H11NO2.C7H5ClFN3.C7H6FN3O.C7H15N3O2S.C7H7N3O.C2HF3O2/c1-9-3-11(15)21-12(9)13(17-8-18-21)20-6-14(7-20)4-10(5-14)19(2)24(16,22)23;13-15-16(14,11-7-3-1-4-8-11)12-9-5-2-6-10-12;1-3-12-8(11)7-6(2)4-5-10(7)9;1-3-11-8(10)7-6(2)4-5-9-7;1-4-2-5(9)12-6(4)7(8)10-3-11-12;1-4-2-5(8)11-6(4)7(12)9-3-10-11;1-10(13(8,11)12)6-2-7(3-6)4-9-5-7;1-5-2-3-10-6(5)7(11)8-4-9-10;3-2(4,5)1(6)7/h3,8,10H,4-7H2,1-2H3,(H2,16,22,23);1-10H,13H2;4-5H,3,9H2,1-2H3;4-5,9H,3H2,1-2H3;2-3H,1H3;2-3H,1H3,(H,9,10,12);6,9H,2-5H2,1H3,(H2,8,11,12);2-4H,1H3,(H,8,9,11);(H,6,7)/p-1. The number of alkyl halides is 3. The van der Waals surface area contributed by atoms with Gasteiger partial charge in [-0.2, -0.15) is 76.7 Å². The van der Waals surface area contributed by atoms with Crippen LogP contribution in [0.3, 0.4) is 0 Å². The van der Waals surface area contributed by atoms with Crippen LogP contribution in [0.2, 0.25) is 5.15 Å². The van der Waals surface area contributed by atoms with Gasteiger partial charge in [-0.1, -0.05) is 48.0 Å². The highest BCUT2D eigenvalue weighted by Crippen LogP contribution is 2.52. The molecule has 2 aliphatic carbocycles. The van der Waals surface area contributed by atoms with Gasteiger partial charge < -0.3 is 50.4 Å². The molecule has 0 amide bonds. The smallest absolute Gasteiger partial charge is 0.430 e. The zero-order valence-electron chi connectivity index (χ0n) is 65.2. The second kappa shape index (κ2) is 38.9. The molecular formula is C72H87ClF6N22O14PS2-. The van der Waals surface area contributed by atoms with Crippen LogP contribution < -0.4 is 59.1 Å². The second-order valence-electron chi connectivity index (χ2n) is 27.4. The van der Waals surface area contributed by atoms with Crippen LogP contribution in [0.4, 0.5) is 32.2 Å². The van der Waals surface area contributed by atoms with Gasteiger partial charge in [0.1, 0.15) is 64.7 Å². The summed E-state index contributed by atoms with van der Waals surface area (Å²) in [5, 5.41) is 38.9. The van der Waals surface area contributed by atoms with E-state index in [1.165, 1.54) is 62.0 Å². The quantitative estimate of drug-likeness (QED) is 0.0260. The maximum atomic E-state index is 13.8. The number of carbonyl (C=O) groups is 3. The first-order valence-corrected chi connectivity index (χ1v) is 40.6. The summed E-state index contributed by atoms with van der Waals surface area (Å²) in [5.74, 6) is 6.41. The Hall–Kier alpha value is -11.2. The van der Waals surface area contributed by atoms with E-state index in [-0.39, 0.29) is 51.2 Å². The molecule has 46 heteroatoms. The fraction of sp³-hybridized carbons (Fsp3) is 0.347. The fourth-order valence-electron chi connectivity index (χ4n) is 13.0. The Labute approximate surface area is 675 Å². The van der Waals surface area contributed by atoms with Crippen LogP contribution in [0, 0.1) is 70.2 Å². The van der Waals surface area contributed by atoms with Crippen molar-refractivity contribution in [2.75, 3.05) is 64.2 Å². The molecule has 0 atom stereocenters. The number of aryl methyl sites for hydroxylation is 6. The van der Waals surface area contributed by atoms with Crippen molar-refractivity contribution in [2.24, 2.45) is 27.0 Å². The molecule has 12 aromatic rings. The first-order valence-electron chi connectivity index (χ1n) is 35.6. The number of aliphatic carboxylic acids is 1. The molecule has 36 nitrogen and oxygen atoms in total. The predicted molar refractivity (Wildman–Crippen MR) is 422 cm³/mol. The van der Waals surface area contributed by atoms with Gasteiger partial charge in [0, 0.05) is 87.0 Å². The number of H-pyrrole nitrogens is 3. The van der Waals surface area contributed by atoms with Gasteiger partial charge in [-0.15, -0.1) is 0 Å². The normalized spacial score (nSPS) is 14.5. The van der Waals surface area contributed by atoms with E-state index in [4.69, 9.17) is 57.6 Å². The number of nitrogens with two attached hydrogens (primary N) is 4. The molecule has 12 N–H and O–H groups in total. The van der Waals surface area contributed by atoms with Crippen molar-refractivity contribution in [2.45, 2.75) is 99.3 Å². The topological polar surface area (TPSA) is 495 Å². The summed E-state index contributed by atoms with van der Waals surface area (Å²) in [6.45, 7) is 18.8. The Kier molecular flexibility index (Phi) is 30.5. The number of nitrogens with zero attached hydrogens (tertiary/aromatic N) is 14.